The number of carbonyl (C=O) groups is 2. The Kier molecular flexibility index (Phi) is 8.00. The fourth-order valence-electron chi connectivity index (χ4n) is 3.74. The van der Waals surface area contributed by atoms with Crippen molar-refractivity contribution in [3.63, 3.8) is 0 Å². The molecule has 0 amide bonds. The van der Waals surface area contributed by atoms with Crippen molar-refractivity contribution >= 4 is 17.9 Å². The Morgan fingerprint density at radius 1 is 1.37 bits per heavy atom. The highest BCUT2D eigenvalue weighted by Crippen LogP contribution is 2.41. The minimum absolute atomic E-state index is 0.222. The number of benzene rings is 1. The molecule has 0 saturated carbocycles. The first-order valence-electron chi connectivity index (χ1n) is 9.12. The third-order valence-corrected chi connectivity index (χ3v) is 4.50. The van der Waals surface area contributed by atoms with Gasteiger partial charge in [-0.2, -0.15) is 0 Å². The second-order valence-corrected chi connectivity index (χ2v) is 7.63. The van der Waals surface area contributed by atoms with Crippen molar-refractivity contribution in [3.8, 4) is 0 Å². The fourth-order valence-corrected chi connectivity index (χ4v) is 3.74. The van der Waals surface area contributed by atoms with Gasteiger partial charge < -0.3 is 14.4 Å². The van der Waals surface area contributed by atoms with Crippen molar-refractivity contribution in [2.75, 3.05) is 18.5 Å². The number of nitrogens with one attached hydrogen (secondary N) is 1. The molecule has 0 saturated heterocycles. The second-order valence-electron chi connectivity index (χ2n) is 7.63. The van der Waals surface area contributed by atoms with Gasteiger partial charge in [-0.05, 0) is 31.9 Å². The first-order chi connectivity index (χ1) is 12.6. The second kappa shape index (κ2) is 9.53. The highest BCUT2D eigenvalue weighted by molar-refractivity contribution is 5.75. The van der Waals surface area contributed by atoms with E-state index in [1.807, 2.05) is 57.0 Å². The Morgan fingerprint density at radius 3 is 2.52 bits per heavy atom. The molecule has 1 atom stereocenters. The highest BCUT2D eigenvalue weighted by atomic mass is 19.2. The number of carbonyl (C=O) groups excluding carboxylic acids is 2. The van der Waals surface area contributed by atoms with Crippen LogP contribution in [0.5, 0.6) is 0 Å². The van der Waals surface area contributed by atoms with Gasteiger partial charge in [0.25, 0.3) is 0 Å². The van der Waals surface area contributed by atoms with Crippen molar-refractivity contribution in [1.29, 1.82) is 0 Å². The lowest BCUT2D eigenvalue weighted by molar-refractivity contribution is -0.156. The fraction of sp³-hybridized carbons (Fsp3) is 0.524. The van der Waals surface area contributed by atoms with Crippen LogP contribution in [0.2, 0.25) is 0 Å². The molecule has 1 aromatic rings. The molecule has 1 rings (SSSR count). The predicted octanol–water partition coefficient (Wildman–Crippen LogP) is 4.08. The topological polar surface area (TPSA) is 58.6 Å². The Bertz CT molecular complexity index is 675. The van der Waals surface area contributed by atoms with E-state index in [1.165, 1.54) is 6.92 Å². The monoisotopic (exact) mass is 378 g/mol. The number of esters is 1. The number of hydrogen-bond acceptors (Lipinski definition) is 5. The van der Waals surface area contributed by atoms with Gasteiger partial charge in [0.15, 0.2) is 0 Å². The summed E-state index contributed by atoms with van der Waals surface area (Å²) in [6.45, 7) is 10.9. The highest BCUT2D eigenvalue weighted by Gasteiger charge is 2.40. The largest absolute Gasteiger partial charge is 0.460 e. The van der Waals surface area contributed by atoms with Gasteiger partial charge in [-0.25, -0.2) is 5.54 Å². The van der Waals surface area contributed by atoms with Gasteiger partial charge in [0.1, 0.15) is 11.9 Å². The van der Waals surface area contributed by atoms with E-state index >= 15 is 0 Å². The van der Waals surface area contributed by atoms with E-state index in [4.69, 9.17) is 4.74 Å². The molecule has 0 aromatic heterocycles. The predicted molar refractivity (Wildman–Crippen MR) is 106 cm³/mol. The summed E-state index contributed by atoms with van der Waals surface area (Å²) < 4.78 is 18.1. The zero-order valence-corrected chi connectivity index (χ0v) is 17.0. The number of para-hydroxylation sites is 1. The van der Waals surface area contributed by atoms with Crippen molar-refractivity contribution in [1.82, 2.24) is 5.54 Å². The summed E-state index contributed by atoms with van der Waals surface area (Å²) >= 11 is 0. The van der Waals surface area contributed by atoms with E-state index in [1.54, 1.807) is 5.54 Å². The molecule has 0 aliphatic rings. The van der Waals surface area contributed by atoms with Crippen LogP contribution < -0.4 is 10.4 Å². The van der Waals surface area contributed by atoms with Crippen LogP contribution in [-0.2, 0) is 19.7 Å². The minimum atomic E-state index is -0.830. The molecule has 5 nitrogen and oxygen atoms in total. The Morgan fingerprint density at radius 2 is 2.00 bits per heavy atom. The molecule has 0 aliphatic heterocycles. The third-order valence-electron chi connectivity index (χ3n) is 4.50. The summed E-state index contributed by atoms with van der Waals surface area (Å²) in [6, 6.07) is 7.56. The van der Waals surface area contributed by atoms with E-state index in [9.17, 15) is 14.1 Å². The lowest BCUT2D eigenvalue weighted by atomic mass is 9.70. The maximum Gasteiger partial charge on any atom is 0.303 e. The maximum atomic E-state index is 12.6. The number of hydrogen-bond donors (Lipinski definition) is 1. The van der Waals surface area contributed by atoms with Crippen LogP contribution in [0.3, 0.4) is 0 Å². The van der Waals surface area contributed by atoms with Crippen LogP contribution in [0.4, 0.5) is 10.2 Å². The number of likely N-dealkylation sites (N-methyl/N-ethyl adjacent to an activating group) is 1. The molecule has 0 bridgehead atoms. The Balaban J connectivity index is 3.41. The first kappa shape index (κ1) is 22.7. The van der Waals surface area contributed by atoms with Gasteiger partial charge in [0.05, 0.1) is 17.7 Å². The zero-order chi connectivity index (χ0) is 20.7. The van der Waals surface area contributed by atoms with Gasteiger partial charge in [0, 0.05) is 26.1 Å². The maximum absolute atomic E-state index is 12.6. The Labute approximate surface area is 161 Å². The van der Waals surface area contributed by atoms with E-state index < -0.39 is 11.0 Å². The van der Waals surface area contributed by atoms with Crippen molar-refractivity contribution in [3.05, 3.63) is 42.1 Å². The lowest BCUT2D eigenvalue weighted by Crippen LogP contribution is -2.41. The molecule has 150 valence electrons. The smallest absolute Gasteiger partial charge is 0.303 e. The first-order valence-corrected chi connectivity index (χ1v) is 9.12. The molecular weight excluding hydrogens is 347 g/mol. The summed E-state index contributed by atoms with van der Waals surface area (Å²) in [6.07, 6.45) is 2.70. The molecule has 0 spiro atoms. The number of nitrogens with zero attached hydrogens (tertiary/aromatic N) is 1. The minimum Gasteiger partial charge on any atom is -0.460 e. The summed E-state index contributed by atoms with van der Waals surface area (Å²) in [5.74, 6) is -0.382. The number of rotatable bonds is 11. The van der Waals surface area contributed by atoms with E-state index in [-0.39, 0.29) is 18.2 Å². The number of anilines is 1. The molecule has 0 aliphatic carbocycles. The molecule has 1 N–H and O–H groups in total. The van der Waals surface area contributed by atoms with E-state index in [0.717, 1.165) is 24.0 Å². The average Bonchev–Trinajstić information content (AvgIpc) is 2.59. The number of halogens is 1. The molecule has 0 radical (unpaired) electrons. The normalized spacial score (nSPS) is 13.4. The molecule has 6 heteroatoms. The van der Waals surface area contributed by atoms with E-state index in [2.05, 4.69) is 6.58 Å². The zero-order valence-electron chi connectivity index (χ0n) is 17.0. The van der Waals surface area contributed by atoms with Crippen LogP contribution in [-0.4, -0.2) is 31.4 Å². The van der Waals surface area contributed by atoms with Gasteiger partial charge in [-0.15, -0.1) is 4.48 Å². The third kappa shape index (κ3) is 6.08. The lowest BCUT2D eigenvalue weighted by Gasteiger charge is -2.38. The number of ether oxygens (including phenoxy) is 1. The molecule has 0 heterocycles. The van der Waals surface area contributed by atoms with Crippen LogP contribution in [0.25, 0.3) is 0 Å². The van der Waals surface area contributed by atoms with E-state index in [0.29, 0.717) is 12.8 Å². The summed E-state index contributed by atoms with van der Waals surface area (Å²) in [4.78, 5) is 25.7. The summed E-state index contributed by atoms with van der Waals surface area (Å²) in [5, 5.41) is 0. The molecule has 0 fully saturated rings. The van der Waals surface area contributed by atoms with Gasteiger partial charge in [-0.3, -0.25) is 4.79 Å². The summed E-state index contributed by atoms with van der Waals surface area (Å²) in [5.41, 5.74) is 1.79. The average molecular weight is 378 g/mol. The van der Waals surface area contributed by atoms with Crippen molar-refractivity contribution < 1.29 is 18.8 Å². The Hall–Kier alpha value is -2.37. The molecular formula is C21H31FN2O3. The quantitative estimate of drug-likeness (QED) is 0.357. The van der Waals surface area contributed by atoms with Gasteiger partial charge in [0.2, 0.25) is 0 Å². The van der Waals surface area contributed by atoms with Crippen molar-refractivity contribution in [2.45, 2.75) is 58.0 Å². The van der Waals surface area contributed by atoms with Crippen LogP contribution in [0.15, 0.2) is 36.5 Å². The van der Waals surface area contributed by atoms with Crippen LogP contribution in [0.1, 0.15) is 52.5 Å². The van der Waals surface area contributed by atoms with Crippen LogP contribution in [0, 0.1) is 0 Å². The van der Waals surface area contributed by atoms with Crippen LogP contribution >= 0.6 is 0 Å². The SMILES string of the molecule is C=C(CN(C)c1ccccc1C(C=O)(CCC)CC(C)(C)OC(C)=O)NF. The van der Waals surface area contributed by atoms with Gasteiger partial charge in [-0.1, -0.05) is 38.1 Å². The van der Waals surface area contributed by atoms with Gasteiger partial charge >= 0.3 is 5.97 Å². The molecule has 1 unspecified atom stereocenters. The standard InChI is InChI=1S/C21H31FN2O3/c1-7-12-21(15-25,14-20(4,5)27-17(3)26)18-10-8-9-11-19(18)24(6)13-16(2)23-22/h8-11,15,23H,2,7,12-14H2,1,3-6H3. The number of aldehydes is 1. The molecule has 27 heavy (non-hydrogen) atoms. The molecule has 1 aromatic carbocycles. The summed E-state index contributed by atoms with van der Waals surface area (Å²) in [7, 11) is 1.82. The van der Waals surface area contributed by atoms with Crippen molar-refractivity contribution in [2.24, 2.45) is 0 Å².